The number of nitrogens with zero attached hydrogens (tertiary/aromatic N) is 1. The Hall–Kier alpha value is -3.00. The van der Waals surface area contributed by atoms with Crippen molar-refractivity contribution < 1.29 is 19.1 Å². The molecule has 168 valence electrons. The van der Waals surface area contributed by atoms with Crippen LogP contribution < -0.4 is 20.9 Å². The summed E-state index contributed by atoms with van der Waals surface area (Å²) in [6.07, 6.45) is 0.497. The molecule has 0 spiro atoms. The largest absolute Gasteiger partial charge is 0.490 e. The number of aromatic nitrogens is 1. The van der Waals surface area contributed by atoms with Crippen molar-refractivity contribution >= 4 is 29.2 Å². The average molecular weight is 477 g/mol. The van der Waals surface area contributed by atoms with Crippen molar-refractivity contribution in [2.45, 2.75) is 26.5 Å². The van der Waals surface area contributed by atoms with Crippen LogP contribution in [0.5, 0.6) is 11.5 Å². The number of aryl methyl sites for hydroxylation is 1. The van der Waals surface area contributed by atoms with Crippen molar-refractivity contribution in [1.82, 2.24) is 4.57 Å². The third-order valence-electron chi connectivity index (χ3n) is 4.74. The van der Waals surface area contributed by atoms with Gasteiger partial charge >= 0.3 is 5.97 Å². The lowest BCUT2D eigenvalue weighted by molar-refractivity contribution is 0.0503. The maximum atomic E-state index is 12.7. The van der Waals surface area contributed by atoms with Gasteiger partial charge in [0.15, 0.2) is 11.5 Å². The number of carbonyl (C=O) groups excluding carboxylic acids is 1. The summed E-state index contributed by atoms with van der Waals surface area (Å²) in [6.45, 7) is 2.74. The molecular weight excluding hydrogens is 455 g/mol. The maximum Gasteiger partial charge on any atom is 0.356 e. The molecule has 3 rings (SSSR count). The molecule has 0 aliphatic heterocycles. The number of para-hydroxylation sites is 2. The Balaban J connectivity index is 1.82. The molecule has 0 aliphatic rings. The minimum absolute atomic E-state index is 0.0227. The molecule has 32 heavy (non-hydrogen) atoms. The van der Waals surface area contributed by atoms with Crippen LogP contribution in [0.2, 0.25) is 10.0 Å². The zero-order chi connectivity index (χ0) is 23.1. The van der Waals surface area contributed by atoms with Gasteiger partial charge in [0.2, 0.25) is 0 Å². The molecule has 0 fully saturated rings. The first-order valence-electron chi connectivity index (χ1n) is 9.87. The zero-order valence-electron chi connectivity index (χ0n) is 17.3. The van der Waals surface area contributed by atoms with Crippen LogP contribution in [-0.4, -0.2) is 17.1 Å². The van der Waals surface area contributed by atoms with E-state index >= 15 is 0 Å². The van der Waals surface area contributed by atoms with Crippen LogP contribution in [-0.2, 0) is 24.4 Å². The van der Waals surface area contributed by atoms with E-state index in [-0.39, 0.29) is 17.2 Å². The molecule has 0 bridgehead atoms. The standard InChI is InChI=1S/C23H22Cl2N2O5/c1-2-30-20-5-3-4-6-21(20)31-14-19-17(24)13-18(25)22(28)27(19)12-11-15-7-9-16(10-8-15)23(29)32-26/h3-10,13H,2,11-12,14,26H2,1H3. The first-order chi connectivity index (χ1) is 15.4. The number of carbonyl (C=O) groups is 1. The van der Waals surface area contributed by atoms with Crippen LogP contribution in [0.4, 0.5) is 0 Å². The Kier molecular flexibility index (Phi) is 8.16. The lowest BCUT2D eigenvalue weighted by Gasteiger charge is -2.17. The number of benzene rings is 2. The SMILES string of the molecule is CCOc1ccccc1OCc1c(Cl)cc(Cl)c(=O)n1CCc1ccc(C(=O)ON)cc1. The number of hydrogen-bond acceptors (Lipinski definition) is 6. The van der Waals surface area contributed by atoms with Gasteiger partial charge in [-0.15, -0.1) is 0 Å². The van der Waals surface area contributed by atoms with E-state index < -0.39 is 5.97 Å². The quantitative estimate of drug-likeness (QED) is 0.459. The monoisotopic (exact) mass is 476 g/mol. The minimum atomic E-state index is -0.624. The third kappa shape index (κ3) is 5.62. The van der Waals surface area contributed by atoms with E-state index in [0.29, 0.717) is 47.4 Å². The number of pyridine rings is 1. The Morgan fingerprint density at radius 2 is 1.66 bits per heavy atom. The van der Waals surface area contributed by atoms with E-state index in [1.807, 2.05) is 19.1 Å². The lowest BCUT2D eigenvalue weighted by atomic mass is 10.1. The van der Waals surface area contributed by atoms with Gasteiger partial charge in [0, 0.05) is 6.54 Å². The molecule has 0 saturated heterocycles. The van der Waals surface area contributed by atoms with Gasteiger partial charge in [-0.3, -0.25) is 4.79 Å². The Morgan fingerprint density at radius 3 is 2.28 bits per heavy atom. The van der Waals surface area contributed by atoms with Gasteiger partial charge in [-0.25, -0.2) is 4.79 Å². The molecule has 1 aromatic heterocycles. The molecule has 0 atom stereocenters. The lowest BCUT2D eigenvalue weighted by Crippen LogP contribution is -2.26. The fourth-order valence-corrected chi connectivity index (χ4v) is 3.66. The van der Waals surface area contributed by atoms with Gasteiger partial charge in [0.1, 0.15) is 11.6 Å². The molecule has 0 amide bonds. The Bertz CT molecular complexity index is 1150. The zero-order valence-corrected chi connectivity index (χ0v) is 18.9. The molecule has 1 heterocycles. The molecule has 9 heteroatoms. The summed E-state index contributed by atoms with van der Waals surface area (Å²) >= 11 is 12.5. The van der Waals surface area contributed by atoms with E-state index in [1.54, 1.807) is 36.4 Å². The average Bonchev–Trinajstić information content (AvgIpc) is 2.80. The summed E-state index contributed by atoms with van der Waals surface area (Å²) in [5, 5.41) is 0.346. The van der Waals surface area contributed by atoms with Crippen molar-refractivity contribution in [3.8, 4) is 11.5 Å². The number of hydrogen-bond donors (Lipinski definition) is 1. The van der Waals surface area contributed by atoms with Crippen LogP contribution in [0.1, 0.15) is 28.5 Å². The molecule has 0 unspecified atom stereocenters. The van der Waals surface area contributed by atoms with Gasteiger partial charge in [0.05, 0.1) is 22.9 Å². The summed E-state index contributed by atoms with van der Waals surface area (Å²) in [6, 6.07) is 15.4. The predicted molar refractivity (Wildman–Crippen MR) is 122 cm³/mol. The molecule has 7 nitrogen and oxygen atoms in total. The van der Waals surface area contributed by atoms with Gasteiger partial charge in [0.25, 0.3) is 5.56 Å². The van der Waals surface area contributed by atoms with Crippen molar-refractivity contribution in [3.05, 3.63) is 91.8 Å². The second-order valence-corrected chi connectivity index (χ2v) is 7.58. The third-order valence-corrected chi connectivity index (χ3v) is 5.34. The van der Waals surface area contributed by atoms with E-state index in [2.05, 4.69) is 4.84 Å². The number of rotatable bonds is 9. The highest BCUT2D eigenvalue weighted by atomic mass is 35.5. The number of halogens is 2. The van der Waals surface area contributed by atoms with Gasteiger partial charge in [-0.2, -0.15) is 5.90 Å². The summed E-state index contributed by atoms with van der Waals surface area (Å²) < 4.78 is 13.0. The summed E-state index contributed by atoms with van der Waals surface area (Å²) in [5.41, 5.74) is 1.36. The van der Waals surface area contributed by atoms with Crippen LogP contribution in [0.15, 0.2) is 59.4 Å². The highest BCUT2D eigenvalue weighted by Crippen LogP contribution is 2.28. The number of nitrogens with two attached hydrogens (primary N) is 1. The van der Waals surface area contributed by atoms with Crippen molar-refractivity contribution in [2.24, 2.45) is 5.90 Å². The normalized spacial score (nSPS) is 10.6. The molecule has 2 N–H and O–H groups in total. The minimum Gasteiger partial charge on any atom is -0.490 e. The van der Waals surface area contributed by atoms with E-state index in [1.165, 1.54) is 10.6 Å². The maximum absolute atomic E-state index is 12.7. The Morgan fingerprint density at radius 1 is 1.00 bits per heavy atom. The fourth-order valence-electron chi connectivity index (χ4n) is 3.13. The smallest absolute Gasteiger partial charge is 0.356 e. The first kappa shape index (κ1) is 23.7. The van der Waals surface area contributed by atoms with Crippen LogP contribution in [0.25, 0.3) is 0 Å². The highest BCUT2D eigenvalue weighted by Gasteiger charge is 2.15. The van der Waals surface area contributed by atoms with Crippen LogP contribution >= 0.6 is 23.2 Å². The number of ether oxygens (including phenoxy) is 2. The molecule has 0 saturated carbocycles. The van der Waals surface area contributed by atoms with Crippen LogP contribution in [0.3, 0.4) is 0 Å². The van der Waals surface area contributed by atoms with E-state index in [0.717, 1.165) is 5.56 Å². The van der Waals surface area contributed by atoms with Gasteiger partial charge < -0.3 is 18.9 Å². The van der Waals surface area contributed by atoms with E-state index in [4.69, 9.17) is 38.6 Å². The molecule has 2 aromatic carbocycles. The highest BCUT2D eigenvalue weighted by molar-refractivity contribution is 6.34. The molecule has 0 aliphatic carbocycles. The van der Waals surface area contributed by atoms with E-state index in [9.17, 15) is 9.59 Å². The van der Waals surface area contributed by atoms with Crippen LogP contribution in [0, 0.1) is 0 Å². The van der Waals surface area contributed by atoms with Crippen molar-refractivity contribution in [3.63, 3.8) is 0 Å². The second kappa shape index (κ2) is 11.0. The van der Waals surface area contributed by atoms with Crippen molar-refractivity contribution in [2.75, 3.05) is 6.61 Å². The van der Waals surface area contributed by atoms with Crippen molar-refractivity contribution in [1.29, 1.82) is 0 Å². The molecule has 0 radical (unpaired) electrons. The summed E-state index contributed by atoms with van der Waals surface area (Å²) in [5.74, 6) is 5.42. The predicted octanol–water partition coefficient (Wildman–Crippen LogP) is 4.41. The first-order valence-corrected chi connectivity index (χ1v) is 10.6. The molecule has 3 aromatic rings. The summed E-state index contributed by atoms with van der Waals surface area (Å²) in [7, 11) is 0. The fraction of sp³-hybridized carbons (Fsp3) is 0.217. The Labute approximate surface area is 195 Å². The van der Waals surface area contributed by atoms with Gasteiger partial charge in [-0.1, -0.05) is 47.5 Å². The second-order valence-electron chi connectivity index (χ2n) is 6.76. The topological polar surface area (TPSA) is 92.8 Å². The summed E-state index contributed by atoms with van der Waals surface area (Å²) in [4.78, 5) is 28.4. The van der Waals surface area contributed by atoms with Gasteiger partial charge in [-0.05, 0) is 49.2 Å². The molecular formula is C23H22Cl2N2O5.